The van der Waals surface area contributed by atoms with Crippen molar-refractivity contribution in [3.05, 3.63) is 53.5 Å². The molecule has 0 spiro atoms. The number of anilines is 1. The molecule has 2 aromatic rings. The molecule has 1 aliphatic rings. The minimum absolute atomic E-state index is 0.0792. The molecule has 27 heavy (non-hydrogen) atoms. The van der Waals surface area contributed by atoms with Crippen LogP contribution in [0.3, 0.4) is 0 Å². The molecular weight excluding hydrogens is 377 g/mol. The van der Waals surface area contributed by atoms with Crippen LogP contribution in [0.1, 0.15) is 24.0 Å². The molecule has 8 nitrogen and oxygen atoms in total. The van der Waals surface area contributed by atoms with Gasteiger partial charge < -0.3 is 9.84 Å². The van der Waals surface area contributed by atoms with E-state index in [4.69, 9.17) is 4.74 Å². The molecule has 0 saturated carbocycles. The zero-order chi connectivity index (χ0) is 19.8. The summed E-state index contributed by atoms with van der Waals surface area (Å²) in [6, 6.07) is 8.04. The molecule has 1 aromatic carbocycles. The third kappa shape index (κ3) is 3.51. The van der Waals surface area contributed by atoms with Crippen LogP contribution in [0.4, 0.5) is 10.2 Å². The van der Waals surface area contributed by atoms with E-state index in [2.05, 4.69) is 4.98 Å². The molecule has 2 atom stereocenters. The van der Waals surface area contributed by atoms with E-state index in [0.29, 0.717) is 11.3 Å². The molecule has 0 radical (unpaired) electrons. The van der Waals surface area contributed by atoms with E-state index in [1.807, 2.05) is 9.44 Å². The van der Waals surface area contributed by atoms with E-state index in [1.54, 1.807) is 31.2 Å². The number of benzene rings is 1. The number of nitrogens with one attached hydrogen (secondary N) is 2. The summed E-state index contributed by atoms with van der Waals surface area (Å²) in [7, 11) is -2.82. The van der Waals surface area contributed by atoms with Crippen LogP contribution in [0, 0.1) is 5.82 Å². The first kappa shape index (κ1) is 19.2. The highest BCUT2D eigenvalue weighted by Gasteiger charge is 2.49. The maximum atomic E-state index is 14.7. The van der Waals surface area contributed by atoms with Crippen molar-refractivity contribution in [3.63, 3.8) is 0 Å². The lowest BCUT2D eigenvalue weighted by Crippen LogP contribution is -2.51. The van der Waals surface area contributed by atoms with Gasteiger partial charge in [0, 0.05) is 31.1 Å². The molecule has 1 aliphatic heterocycles. The molecule has 0 saturated heterocycles. The van der Waals surface area contributed by atoms with Crippen LogP contribution in [0.15, 0.2) is 36.5 Å². The Morgan fingerprint density at radius 1 is 1.33 bits per heavy atom. The van der Waals surface area contributed by atoms with Gasteiger partial charge in [-0.1, -0.05) is 25.1 Å². The summed E-state index contributed by atoms with van der Waals surface area (Å²) in [6.45, 7) is 1.64. The highest BCUT2D eigenvalue weighted by Crippen LogP contribution is 2.41. The predicted octanol–water partition coefficient (Wildman–Crippen LogP) is 1.09. The summed E-state index contributed by atoms with van der Waals surface area (Å²) in [4.78, 5) is 16.1. The van der Waals surface area contributed by atoms with Crippen molar-refractivity contribution >= 4 is 22.0 Å². The number of para-hydroxylation sites is 1. The van der Waals surface area contributed by atoms with Gasteiger partial charge in [0.2, 0.25) is 0 Å². The number of pyridine rings is 1. The van der Waals surface area contributed by atoms with Gasteiger partial charge in [0.15, 0.2) is 17.2 Å². The Hall–Kier alpha value is -2.56. The molecule has 0 fully saturated rings. The van der Waals surface area contributed by atoms with Crippen LogP contribution in [0.2, 0.25) is 0 Å². The van der Waals surface area contributed by atoms with Crippen LogP contribution in [-0.2, 0) is 21.4 Å². The number of nitrogens with zero attached hydrogens (tertiary/aromatic N) is 1. The number of rotatable bonds is 5. The number of hydrogen-bond donors (Lipinski definition) is 3. The average Bonchev–Trinajstić information content (AvgIpc) is 2.63. The second-order valence-corrected chi connectivity index (χ2v) is 7.81. The number of carbonyl (C=O) groups is 1. The normalized spacial score (nSPS) is 22.1. The van der Waals surface area contributed by atoms with E-state index in [1.165, 1.54) is 12.3 Å². The monoisotopic (exact) mass is 395 g/mol. The van der Waals surface area contributed by atoms with E-state index in [-0.39, 0.29) is 5.56 Å². The molecule has 0 bridgehead atoms. The van der Waals surface area contributed by atoms with Crippen LogP contribution in [-0.4, -0.2) is 37.1 Å². The first-order valence-corrected chi connectivity index (χ1v) is 9.54. The SMILES string of the molecule is CNS(=O)(=O)Nc1nccc(CC2(O)C(=O)Oc3ccccc3C2C)c1F. The number of halogens is 1. The van der Waals surface area contributed by atoms with Crippen molar-refractivity contribution in [1.82, 2.24) is 9.71 Å². The Bertz CT molecular complexity index is 998. The zero-order valence-corrected chi connectivity index (χ0v) is 15.4. The largest absolute Gasteiger partial charge is 0.424 e. The topological polar surface area (TPSA) is 118 Å². The summed E-state index contributed by atoms with van der Waals surface area (Å²) in [5.41, 5.74) is -1.48. The Labute approximate surface area is 155 Å². The predicted molar refractivity (Wildman–Crippen MR) is 94.9 cm³/mol. The number of carbonyl (C=O) groups excluding carboxylic acids is 1. The molecule has 3 rings (SSSR count). The maximum absolute atomic E-state index is 14.7. The molecule has 0 aliphatic carbocycles. The van der Waals surface area contributed by atoms with Gasteiger partial charge in [-0.3, -0.25) is 4.72 Å². The third-order valence-electron chi connectivity index (χ3n) is 4.59. The molecule has 3 N–H and O–H groups in total. The summed E-state index contributed by atoms with van der Waals surface area (Å²) >= 11 is 0. The van der Waals surface area contributed by atoms with Gasteiger partial charge in [0.25, 0.3) is 10.2 Å². The van der Waals surface area contributed by atoms with Crippen molar-refractivity contribution in [2.75, 3.05) is 11.8 Å². The maximum Gasteiger partial charge on any atom is 0.344 e. The highest BCUT2D eigenvalue weighted by molar-refractivity contribution is 7.90. The van der Waals surface area contributed by atoms with Crippen molar-refractivity contribution in [1.29, 1.82) is 0 Å². The minimum atomic E-state index is -3.98. The van der Waals surface area contributed by atoms with E-state index in [0.717, 1.165) is 7.05 Å². The number of aromatic nitrogens is 1. The average molecular weight is 395 g/mol. The van der Waals surface area contributed by atoms with Crippen molar-refractivity contribution < 1.29 is 27.4 Å². The number of hydrogen-bond acceptors (Lipinski definition) is 6. The van der Waals surface area contributed by atoms with Crippen molar-refractivity contribution in [2.24, 2.45) is 0 Å². The Kier molecular flexibility index (Phi) is 4.89. The highest BCUT2D eigenvalue weighted by atomic mass is 32.2. The van der Waals surface area contributed by atoms with Gasteiger partial charge in [-0.15, -0.1) is 0 Å². The van der Waals surface area contributed by atoms with Crippen LogP contribution < -0.4 is 14.2 Å². The lowest BCUT2D eigenvalue weighted by molar-refractivity contribution is -0.160. The Morgan fingerprint density at radius 2 is 2.04 bits per heavy atom. The number of esters is 1. The zero-order valence-electron chi connectivity index (χ0n) is 14.6. The lowest BCUT2D eigenvalue weighted by atomic mass is 9.77. The fourth-order valence-corrected chi connectivity index (χ4v) is 3.44. The van der Waals surface area contributed by atoms with Gasteiger partial charge in [-0.05, 0) is 17.7 Å². The fraction of sp³-hybridized carbons (Fsp3) is 0.294. The molecule has 10 heteroatoms. The van der Waals surface area contributed by atoms with Crippen LogP contribution in [0.25, 0.3) is 0 Å². The molecule has 0 amide bonds. The van der Waals surface area contributed by atoms with Gasteiger partial charge in [0.05, 0.1) is 0 Å². The molecule has 144 valence electrons. The number of fused-ring (bicyclic) bond motifs is 1. The molecule has 2 heterocycles. The summed E-state index contributed by atoms with van der Waals surface area (Å²) in [5, 5.41) is 11.0. The number of aliphatic hydroxyl groups is 1. The second-order valence-electron chi connectivity index (χ2n) is 6.19. The van der Waals surface area contributed by atoms with Gasteiger partial charge >= 0.3 is 5.97 Å². The summed E-state index contributed by atoms with van der Waals surface area (Å²) in [5.74, 6) is -2.74. The van der Waals surface area contributed by atoms with Crippen LogP contribution in [0.5, 0.6) is 5.75 Å². The van der Waals surface area contributed by atoms with Crippen LogP contribution >= 0.6 is 0 Å². The van der Waals surface area contributed by atoms with Gasteiger partial charge in [-0.25, -0.2) is 18.9 Å². The van der Waals surface area contributed by atoms with Gasteiger partial charge in [-0.2, -0.15) is 8.42 Å². The smallest absolute Gasteiger partial charge is 0.344 e. The molecule has 2 unspecified atom stereocenters. The van der Waals surface area contributed by atoms with E-state index >= 15 is 0 Å². The fourth-order valence-electron chi connectivity index (χ4n) is 2.94. The molecule has 1 aromatic heterocycles. The molecular formula is C17H18FN3O5S. The van der Waals surface area contributed by atoms with E-state index < -0.39 is 45.8 Å². The summed E-state index contributed by atoms with van der Waals surface area (Å²) < 4.78 is 47.0. The lowest BCUT2D eigenvalue weighted by Gasteiger charge is -2.37. The van der Waals surface area contributed by atoms with E-state index in [9.17, 15) is 22.7 Å². The van der Waals surface area contributed by atoms with Crippen molar-refractivity contribution in [3.8, 4) is 5.75 Å². The Morgan fingerprint density at radius 3 is 2.74 bits per heavy atom. The summed E-state index contributed by atoms with van der Waals surface area (Å²) in [6.07, 6.45) is 0.770. The second kappa shape index (κ2) is 6.87. The van der Waals surface area contributed by atoms with Crippen molar-refractivity contribution in [2.45, 2.75) is 24.9 Å². The third-order valence-corrected chi connectivity index (χ3v) is 5.59. The Balaban J connectivity index is 1.96. The number of ether oxygens (including phenoxy) is 1. The first-order chi connectivity index (χ1) is 12.7. The van der Waals surface area contributed by atoms with Gasteiger partial charge in [0.1, 0.15) is 5.75 Å². The standard InChI is InChI=1S/C17H18FN3O5S/c1-10-12-5-3-4-6-13(12)26-16(22)17(10,23)9-11-7-8-20-15(14(11)18)21-27(24,25)19-2/h3-8,10,19,23H,9H2,1-2H3,(H,20,21). The minimum Gasteiger partial charge on any atom is -0.424 e. The first-order valence-electron chi connectivity index (χ1n) is 8.06. The quantitative estimate of drug-likeness (QED) is 0.515.